The van der Waals surface area contributed by atoms with E-state index in [1.54, 1.807) is 6.07 Å². The highest BCUT2D eigenvalue weighted by molar-refractivity contribution is 5.45. The first-order valence-corrected chi connectivity index (χ1v) is 5.95. The lowest BCUT2D eigenvalue weighted by Gasteiger charge is -2.26. The third-order valence-electron chi connectivity index (χ3n) is 2.85. The van der Waals surface area contributed by atoms with Crippen molar-refractivity contribution in [2.75, 3.05) is 31.7 Å². The Morgan fingerprint density at radius 3 is 2.82 bits per heavy atom. The van der Waals surface area contributed by atoms with Crippen molar-refractivity contribution in [3.05, 3.63) is 30.1 Å². The minimum Gasteiger partial charge on any atom is -0.374 e. The molecule has 0 N–H and O–H groups in total. The van der Waals surface area contributed by atoms with Gasteiger partial charge in [-0.2, -0.15) is 0 Å². The number of benzene rings is 1. The SMILES string of the molecule is CN(CCC1OCCCO1)c1cccc(F)c1. The molecule has 1 heterocycles. The largest absolute Gasteiger partial charge is 0.374 e. The van der Waals surface area contributed by atoms with E-state index in [9.17, 15) is 4.39 Å². The Hall–Kier alpha value is -1.13. The van der Waals surface area contributed by atoms with Crippen molar-refractivity contribution >= 4 is 5.69 Å². The zero-order chi connectivity index (χ0) is 12.1. The average Bonchev–Trinajstić information content (AvgIpc) is 2.37. The van der Waals surface area contributed by atoms with E-state index < -0.39 is 0 Å². The molecule has 0 atom stereocenters. The van der Waals surface area contributed by atoms with Crippen molar-refractivity contribution in [2.24, 2.45) is 0 Å². The second kappa shape index (κ2) is 5.98. The standard InChI is InChI=1S/C13H18FNO2/c1-15(12-5-2-4-11(14)10-12)7-6-13-16-8-3-9-17-13/h2,4-5,10,13H,3,6-9H2,1H3. The third-order valence-corrected chi connectivity index (χ3v) is 2.85. The molecule has 0 amide bonds. The molecule has 1 aliphatic heterocycles. The molecule has 0 aromatic heterocycles. The zero-order valence-corrected chi connectivity index (χ0v) is 10.1. The van der Waals surface area contributed by atoms with Crippen LogP contribution >= 0.6 is 0 Å². The van der Waals surface area contributed by atoms with Crippen LogP contribution in [0, 0.1) is 5.82 Å². The van der Waals surface area contributed by atoms with Crippen molar-refractivity contribution in [3.8, 4) is 0 Å². The first-order valence-electron chi connectivity index (χ1n) is 5.95. The van der Waals surface area contributed by atoms with Gasteiger partial charge in [0.15, 0.2) is 6.29 Å². The molecule has 0 unspecified atom stereocenters. The molecular formula is C13H18FNO2. The minimum absolute atomic E-state index is 0.111. The Kier molecular flexibility index (Phi) is 4.34. The lowest BCUT2D eigenvalue weighted by Crippen LogP contribution is -2.30. The van der Waals surface area contributed by atoms with Gasteiger partial charge in [-0.05, 0) is 24.6 Å². The molecule has 3 nitrogen and oxygen atoms in total. The van der Waals surface area contributed by atoms with Gasteiger partial charge in [0.1, 0.15) is 5.82 Å². The van der Waals surface area contributed by atoms with Gasteiger partial charge in [-0.1, -0.05) is 6.07 Å². The molecule has 0 radical (unpaired) electrons. The summed E-state index contributed by atoms with van der Waals surface area (Å²) in [6.45, 7) is 2.33. The Morgan fingerprint density at radius 1 is 1.35 bits per heavy atom. The summed E-state index contributed by atoms with van der Waals surface area (Å²) in [6.07, 6.45) is 1.66. The quantitative estimate of drug-likeness (QED) is 0.805. The van der Waals surface area contributed by atoms with E-state index in [2.05, 4.69) is 0 Å². The van der Waals surface area contributed by atoms with Crippen molar-refractivity contribution in [2.45, 2.75) is 19.1 Å². The van der Waals surface area contributed by atoms with E-state index in [-0.39, 0.29) is 12.1 Å². The van der Waals surface area contributed by atoms with E-state index in [4.69, 9.17) is 9.47 Å². The Balaban J connectivity index is 1.82. The molecule has 0 saturated carbocycles. The monoisotopic (exact) mass is 239 g/mol. The number of ether oxygens (including phenoxy) is 2. The first-order chi connectivity index (χ1) is 8.25. The lowest BCUT2D eigenvalue weighted by atomic mass is 10.2. The summed E-state index contributed by atoms with van der Waals surface area (Å²) in [5.41, 5.74) is 0.876. The van der Waals surface area contributed by atoms with Crippen LogP contribution in [0.4, 0.5) is 10.1 Å². The number of halogens is 1. The lowest BCUT2D eigenvalue weighted by molar-refractivity contribution is -0.179. The number of anilines is 1. The van der Waals surface area contributed by atoms with E-state index in [0.29, 0.717) is 0 Å². The van der Waals surface area contributed by atoms with Gasteiger partial charge >= 0.3 is 0 Å². The highest BCUT2D eigenvalue weighted by atomic mass is 19.1. The van der Waals surface area contributed by atoms with Crippen LogP contribution < -0.4 is 4.90 Å². The molecule has 4 heteroatoms. The normalized spacial score (nSPS) is 17.1. The number of hydrogen-bond acceptors (Lipinski definition) is 3. The Morgan fingerprint density at radius 2 is 2.12 bits per heavy atom. The summed E-state index contributed by atoms with van der Waals surface area (Å²) in [4.78, 5) is 2.00. The van der Waals surface area contributed by atoms with Crippen molar-refractivity contribution in [3.63, 3.8) is 0 Å². The highest BCUT2D eigenvalue weighted by Gasteiger charge is 2.14. The fourth-order valence-electron chi connectivity index (χ4n) is 1.84. The predicted molar refractivity (Wildman–Crippen MR) is 64.6 cm³/mol. The molecule has 17 heavy (non-hydrogen) atoms. The van der Waals surface area contributed by atoms with Crippen LogP contribution in [0.5, 0.6) is 0 Å². The zero-order valence-electron chi connectivity index (χ0n) is 10.1. The molecular weight excluding hydrogens is 221 g/mol. The maximum atomic E-state index is 13.0. The van der Waals surface area contributed by atoms with E-state index in [0.717, 1.165) is 38.3 Å². The van der Waals surface area contributed by atoms with Gasteiger partial charge in [-0.3, -0.25) is 0 Å². The summed E-state index contributed by atoms with van der Waals surface area (Å²) < 4.78 is 24.0. The molecule has 1 aromatic carbocycles. The minimum atomic E-state index is -0.209. The van der Waals surface area contributed by atoms with E-state index >= 15 is 0 Å². The second-order valence-electron chi connectivity index (χ2n) is 4.21. The average molecular weight is 239 g/mol. The molecule has 1 aromatic rings. The van der Waals surface area contributed by atoms with Gasteiger partial charge in [-0.25, -0.2) is 4.39 Å². The van der Waals surface area contributed by atoms with Gasteiger partial charge in [0.25, 0.3) is 0 Å². The Labute approximate surface area is 101 Å². The van der Waals surface area contributed by atoms with Gasteiger partial charge in [0.2, 0.25) is 0 Å². The fourth-order valence-corrected chi connectivity index (χ4v) is 1.84. The van der Waals surface area contributed by atoms with Crippen molar-refractivity contribution < 1.29 is 13.9 Å². The Bertz CT molecular complexity index is 353. The smallest absolute Gasteiger partial charge is 0.159 e. The molecule has 2 rings (SSSR count). The van der Waals surface area contributed by atoms with Crippen LogP contribution in [0.25, 0.3) is 0 Å². The number of nitrogens with zero attached hydrogens (tertiary/aromatic N) is 1. The van der Waals surface area contributed by atoms with Crippen LogP contribution in [-0.4, -0.2) is 33.1 Å². The third kappa shape index (κ3) is 3.68. The summed E-state index contributed by atoms with van der Waals surface area (Å²) in [6, 6.07) is 6.59. The maximum absolute atomic E-state index is 13.0. The summed E-state index contributed by atoms with van der Waals surface area (Å²) in [7, 11) is 1.94. The van der Waals surface area contributed by atoms with Gasteiger partial charge in [0.05, 0.1) is 13.2 Å². The van der Waals surface area contributed by atoms with Gasteiger partial charge in [-0.15, -0.1) is 0 Å². The van der Waals surface area contributed by atoms with Crippen molar-refractivity contribution in [1.29, 1.82) is 0 Å². The number of rotatable bonds is 4. The fraction of sp³-hybridized carbons (Fsp3) is 0.538. The molecule has 1 fully saturated rings. The van der Waals surface area contributed by atoms with Crippen molar-refractivity contribution in [1.82, 2.24) is 0 Å². The van der Waals surface area contributed by atoms with Crippen LogP contribution in [-0.2, 0) is 9.47 Å². The molecule has 1 saturated heterocycles. The molecule has 1 aliphatic rings. The summed E-state index contributed by atoms with van der Waals surface area (Å²) >= 11 is 0. The van der Waals surface area contributed by atoms with Crippen LogP contribution in [0.3, 0.4) is 0 Å². The topological polar surface area (TPSA) is 21.7 Å². The predicted octanol–water partition coefficient (Wildman–Crippen LogP) is 2.42. The van der Waals surface area contributed by atoms with Crippen LogP contribution in [0.1, 0.15) is 12.8 Å². The van der Waals surface area contributed by atoms with Crippen LogP contribution in [0.15, 0.2) is 24.3 Å². The van der Waals surface area contributed by atoms with Gasteiger partial charge < -0.3 is 14.4 Å². The molecule has 0 bridgehead atoms. The molecule has 0 aliphatic carbocycles. The first kappa shape index (κ1) is 12.3. The molecule has 94 valence electrons. The summed E-state index contributed by atoms with van der Waals surface area (Å²) in [5.74, 6) is -0.209. The second-order valence-corrected chi connectivity index (χ2v) is 4.21. The maximum Gasteiger partial charge on any atom is 0.159 e. The van der Waals surface area contributed by atoms with E-state index in [1.807, 2.05) is 18.0 Å². The van der Waals surface area contributed by atoms with Gasteiger partial charge in [0, 0.05) is 25.7 Å². The summed E-state index contributed by atoms with van der Waals surface area (Å²) in [5, 5.41) is 0. The number of hydrogen-bond donors (Lipinski definition) is 0. The van der Waals surface area contributed by atoms with Crippen LogP contribution in [0.2, 0.25) is 0 Å². The molecule has 0 spiro atoms. The van der Waals surface area contributed by atoms with E-state index in [1.165, 1.54) is 12.1 Å². The highest BCUT2D eigenvalue weighted by Crippen LogP contribution is 2.16.